The molecule has 0 atom stereocenters. The van der Waals surface area contributed by atoms with Gasteiger partial charge < -0.3 is 4.74 Å². The van der Waals surface area contributed by atoms with Crippen LogP contribution < -0.4 is 9.46 Å². The van der Waals surface area contributed by atoms with Gasteiger partial charge in [-0.05, 0) is 59.0 Å². The van der Waals surface area contributed by atoms with Crippen LogP contribution in [0, 0.1) is 14.9 Å². The highest BCUT2D eigenvalue weighted by atomic mass is 127. The van der Waals surface area contributed by atoms with Crippen LogP contribution in [0.5, 0.6) is 11.5 Å². The normalized spacial score (nSPS) is 11.7. The maximum absolute atomic E-state index is 12.8. The van der Waals surface area contributed by atoms with E-state index in [9.17, 15) is 26.9 Å². The lowest BCUT2D eigenvalue weighted by molar-refractivity contribution is -0.137. The van der Waals surface area contributed by atoms with E-state index in [2.05, 4.69) is 14.1 Å². The molecule has 3 aromatic rings. The first kappa shape index (κ1) is 21.3. The molecule has 0 bridgehead atoms. The fraction of sp³-hybridized carbons (Fsp3) is 0.0625. The molecule has 0 saturated carbocycles. The lowest BCUT2D eigenvalue weighted by Crippen LogP contribution is -2.13. The summed E-state index contributed by atoms with van der Waals surface area (Å²) in [5.41, 5.74) is -0.945. The van der Waals surface area contributed by atoms with Gasteiger partial charge in [-0.15, -0.1) is 0 Å². The van der Waals surface area contributed by atoms with Crippen LogP contribution in [-0.2, 0) is 16.2 Å². The molecule has 3 rings (SSSR count). The SMILES string of the molecule is N#Cc1cc(S(=O)(=O)Nc2ncns2)ccc1Oc1ccc(C(F)(F)F)cc1I. The number of nitrogens with zero attached hydrogens (tertiary/aromatic N) is 3. The molecule has 150 valence electrons. The Morgan fingerprint density at radius 2 is 1.90 bits per heavy atom. The second-order valence-corrected chi connectivity index (χ2v) is 8.99. The summed E-state index contributed by atoms with van der Waals surface area (Å²) >= 11 is 2.52. The third-order valence-corrected chi connectivity index (χ3v) is 6.33. The van der Waals surface area contributed by atoms with Gasteiger partial charge in [-0.25, -0.2) is 13.4 Å². The van der Waals surface area contributed by atoms with Crippen molar-refractivity contribution in [1.29, 1.82) is 5.26 Å². The van der Waals surface area contributed by atoms with Gasteiger partial charge in [0.05, 0.1) is 19.6 Å². The van der Waals surface area contributed by atoms with Gasteiger partial charge in [-0.2, -0.15) is 22.8 Å². The second-order valence-electron chi connectivity index (χ2n) is 5.37. The summed E-state index contributed by atoms with van der Waals surface area (Å²) in [6, 6.07) is 8.26. The monoisotopic (exact) mass is 552 g/mol. The van der Waals surface area contributed by atoms with Crippen molar-refractivity contribution in [3.05, 3.63) is 57.4 Å². The highest BCUT2D eigenvalue weighted by Gasteiger charge is 2.31. The zero-order chi connectivity index (χ0) is 21.2. The lowest BCUT2D eigenvalue weighted by Gasteiger charge is -2.13. The van der Waals surface area contributed by atoms with E-state index in [1.165, 1.54) is 18.5 Å². The van der Waals surface area contributed by atoms with Crippen molar-refractivity contribution in [2.24, 2.45) is 0 Å². The molecule has 0 unspecified atom stereocenters. The van der Waals surface area contributed by atoms with Crippen molar-refractivity contribution in [1.82, 2.24) is 9.36 Å². The minimum Gasteiger partial charge on any atom is -0.455 e. The van der Waals surface area contributed by atoms with E-state index in [0.29, 0.717) is 0 Å². The standard InChI is InChI=1S/C16H8F3IN4O3S2/c17-16(18,19)10-1-3-14(12(20)6-10)27-13-4-2-11(5-9(13)7-21)29(25,26)24-15-22-8-23-28-15/h1-6,8H,(H,22,23,24). The Morgan fingerprint density at radius 3 is 2.48 bits per heavy atom. The van der Waals surface area contributed by atoms with Gasteiger partial charge in [-0.3, -0.25) is 4.72 Å². The van der Waals surface area contributed by atoms with Crippen molar-refractivity contribution in [3.63, 3.8) is 0 Å². The van der Waals surface area contributed by atoms with E-state index in [-0.39, 0.29) is 30.7 Å². The van der Waals surface area contributed by atoms with Crippen LogP contribution in [0.4, 0.5) is 18.3 Å². The molecule has 0 radical (unpaired) electrons. The van der Waals surface area contributed by atoms with Gasteiger partial charge in [0.25, 0.3) is 10.0 Å². The zero-order valence-corrected chi connectivity index (χ0v) is 17.7. The van der Waals surface area contributed by atoms with E-state index in [4.69, 9.17) is 4.74 Å². The highest BCUT2D eigenvalue weighted by molar-refractivity contribution is 14.1. The number of hydrogen-bond donors (Lipinski definition) is 1. The molecular weight excluding hydrogens is 544 g/mol. The topological polar surface area (TPSA) is 105 Å². The number of ether oxygens (including phenoxy) is 1. The first-order valence-electron chi connectivity index (χ1n) is 7.48. The summed E-state index contributed by atoms with van der Waals surface area (Å²) < 4.78 is 74.7. The number of nitrogens with one attached hydrogen (secondary N) is 1. The van der Waals surface area contributed by atoms with Gasteiger partial charge in [0.1, 0.15) is 23.9 Å². The van der Waals surface area contributed by atoms with Crippen LogP contribution in [0.2, 0.25) is 0 Å². The first-order valence-corrected chi connectivity index (χ1v) is 10.8. The molecule has 0 fully saturated rings. The molecule has 1 aromatic heterocycles. The number of sulfonamides is 1. The first-order chi connectivity index (χ1) is 13.6. The smallest absolute Gasteiger partial charge is 0.416 e. The molecule has 1 N–H and O–H groups in total. The predicted octanol–water partition coefficient (Wildman–Crippen LogP) is 4.63. The Labute approximate surface area is 180 Å². The Bertz CT molecular complexity index is 1190. The maximum Gasteiger partial charge on any atom is 0.416 e. The van der Waals surface area contributed by atoms with E-state index in [1.807, 2.05) is 6.07 Å². The Kier molecular flexibility index (Phi) is 5.96. The summed E-state index contributed by atoms with van der Waals surface area (Å²) in [6.45, 7) is 0. The molecule has 0 aliphatic heterocycles. The summed E-state index contributed by atoms with van der Waals surface area (Å²) in [5, 5.41) is 9.41. The van der Waals surface area contributed by atoms with E-state index in [0.717, 1.165) is 35.8 Å². The fourth-order valence-corrected chi connectivity index (χ4v) is 4.44. The third kappa shape index (κ3) is 4.95. The van der Waals surface area contributed by atoms with Crippen LogP contribution in [0.15, 0.2) is 47.6 Å². The van der Waals surface area contributed by atoms with E-state index in [1.54, 1.807) is 22.6 Å². The Morgan fingerprint density at radius 1 is 1.17 bits per heavy atom. The summed E-state index contributed by atoms with van der Waals surface area (Å²) in [4.78, 5) is 3.51. The molecule has 1 heterocycles. The van der Waals surface area contributed by atoms with Crippen LogP contribution in [0.1, 0.15) is 11.1 Å². The number of benzene rings is 2. The number of halogens is 4. The van der Waals surface area contributed by atoms with Crippen LogP contribution >= 0.6 is 34.1 Å². The maximum atomic E-state index is 12.8. The molecule has 29 heavy (non-hydrogen) atoms. The van der Waals surface area contributed by atoms with Crippen LogP contribution in [0.3, 0.4) is 0 Å². The van der Waals surface area contributed by atoms with Gasteiger partial charge in [-0.1, -0.05) is 0 Å². The molecule has 0 amide bonds. The summed E-state index contributed by atoms with van der Waals surface area (Å²) in [6.07, 6.45) is -3.31. The summed E-state index contributed by atoms with van der Waals surface area (Å²) in [5.74, 6) is 0.0951. The minimum atomic E-state index is -4.49. The number of alkyl halides is 3. The number of hydrogen-bond acceptors (Lipinski definition) is 7. The zero-order valence-electron chi connectivity index (χ0n) is 13.9. The average molecular weight is 552 g/mol. The average Bonchev–Trinajstić information content (AvgIpc) is 3.15. The molecule has 7 nitrogen and oxygen atoms in total. The number of anilines is 1. The third-order valence-electron chi connectivity index (χ3n) is 3.44. The van der Waals surface area contributed by atoms with Gasteiger partial charge in [0.2, 0.25) is 5.13 Å². The molecule has 0 aliphatic carbocycles. The number of rotatable bonds is 5. The molecule has 0 aliphatic rings. The highest BCUT2D eigenvalue weighted by Crippen LogP contribution is 2.35. The van der Waals surface area contributed by atoms with Crippen molar-refractivity contribution in [2.75, 3.05) is 4.72 Å². The van der Waals surface area contributed by atoms with Crippen molar-refractivity contribution in [2.45, 2.75) is 11.1 Å². The van der Waals surface area contributed by atoms with Gasteiger partial charge >= 0.3 is 6.18 Å². The Hall–Kier alpha value is -2.44. The molecular formula is C16H8F3IN4O3S2. The molecule has 13 heteroatoms. The van der Waals surface area contributed by atoms with E-state index < -0.39 is 21.8 Å². The largest absolute Gasteiger partial charge is 0.455 e. The van der Waals surface area contributed by atoms with Crippen LogP contribution in [-0.4, -0.2) is 17.8 Å². The van der Waals surface area contributed by atoms with E-state index >= 15 is 0 Å². The fourth-order valence-electron chi connectivity index (χ4n) is 2.12. The van der Waals surface area contributed by atoms with Crippen molar-refractivity contribution < 1.29 is 26.3 Å². The predicted molar refractivity (Wildman–Crippen MR) is 106 cm³/mol. The number of aromatic nitrogens is 2. The lowest BCUT2D eigenvalue weighted by atomic mass is 10.2. The summed E-state index contributed by atoms with van der Waals surface area (Å²) in [7, 11) is -4.01. The van der Waals surface area contributed by atoms with Crippen molar-refractivity contribution >= 4 is 49.3 Å². The van der Waals surface area contributed by atoms with Crippen LogP contribution in [0.25, 0.3) is 0 Å². The van der Waals surface area contributed by atoms with Gasteiger partial charge in [0, 0.05) is 11.5 Å². The number of nitriles is 1. The minimum absolute atomic E-state index is 0.0000370. The van der Waals surface area contributed by atoms with Crippen molar-refractivity contribution in [3.8, 4) is 17.6 Å². The molecule has 0 saturated heterocycles. The van der Waals surface area contributed by atoms with Gasteiger partial charge in [0.15, 0.2) is 0 Å². The second kappa shape index (κ2) is 8.13. The molecule has 2 aromatic carbocycles. The molecule has 0 spiro atoms. The Balaban J connectivity index is 1.89. The quantitative estimate of drug-likeness (QED) is 0.463.